The SMILES string of the molecule is Cc1nc(COc2ccc(Nc3ncccc3C#N)cc2)no1. The summed E-state index contributed by atoms with van der Waals surface area (Å²) in [6.45, 7) is 1.97. The van der Waals surface area contributed by atoms with Crippen LogP contribution in [-0.2, 0) is 6.61 Å². The molecule has 0 radical (unpaired) electrons. The smallest absolute Gasteiger partial charge is 0.223 e. The summed E-state index contributed by atoms with van der Waals surface area (Å²) in [6.07, 6.45) is 1.63. The number of nitrogens with zero attached hydrogens (tertiary/aromatic N) is 4. The van der Waals surface area contributed by atoms with Gasteiger partial charge in [-0.2, -0.15) is 10.2 Å². The van der Waals surface area contributed by atoms with Crippen molar-refractivity contribution in [2.24, 2.45) is 0 Å². The van der Waals surface area contributed by atoms with Gasteiger partial charge in [-0.3, -0.25) is 0 Å². The molecule has 0 amide bonds. The molecule has 0 fully saturated rings. The molecule has 1 N–H and O–H groups in total. The van der Waals surface area contributed by atoms with Crippen molar-refractivity contribution < 1.29 is 9.26 Å². The fourth-order valence-corrected chi connectivity index (χ4v) is 1.91. The number of nitrogens with one attached hydrogen (secondary N) is 1. The van der Waals surface area contributed by atoms with Crippen LogP contribution in [0.3, 0.4) is 0 Å². The molecule has 3 aromatic rings. The number of anilines is 2. The Kier molecular flexibility index (Phi) is 4.16. The Hall–Kier alpha value is -3.40. The first kappa shape index (κ1) is 14.5. The maximum Gasteiger partial charge on any atom is 0.223 e. The van der Waals surface area contributed by atoms with Gasteiger partial charge in [0.25, 0.3) is 0 Å². The number of hydrogen-bond donors (Lipinski definition) is 1. The molecule has 0 saturated heterocycles. The lowest BCUT2D eigenvalue weighted by Crippen LogP contribution is -1.99. The Balaban J connectivity index is 1.64. The van der Waals surface area contributed by atoms with Gasteiger partial charge < -0.3 is 14.6 Å². The van der Waals surface area contributed by atoms with E-state index in [0.717, 1.165) is 5.69 Å². The Bertz CT molecular complexity index is 836. The van der Waals surface area contributed by atoms with Crippen molar-refractivity contribution in [3.8, 4) is 11.8 Å². The molecule has 7 nitrogen and oxygen atoms in total. The number of nitriles is 1. The zero-order chi connectivity index (χ0) is 16.1. The van der Waals surface area contributed by atoms with E-state index < -0.39 is 0 Å². The maximum atomic E-state index is 9.05. The van der Waals surface area contributed by atoms with Crippen LogP contribution in [0.4, 0.5) is 11.5 Å². The molecule has 0 aliphatic rings. The van der Waals surface area contributed by atoms with Gasteiger partial charge in [0.05, 0.1) is 5.56 Å². The van der Waals surface area contributed by atoms with E-state index in [0.29, 0.717) is 28.8 Å². The third kappa shape index (κ3) is 3.63. The van der Waals surface area contributed by atoms with E-state index in [9.17, 15) is 0 Å². The topological polar surface area (TPSA) is 96.9 Å². The van der Waals surface area contributed by atoms with Crippen molar-refractivity contribution in [1.29, 1.82) is 5.26 Å². The summed E-state index contributed by atoms with van der Waals surface area (Å²) in [6, 6.07) is 12.8. The second-order valence-corrected chi connectivity index (χ2v) is 4.68. The van der Waals surface area contributed by atoms with Gasteiger partial charge in [-0.25, -0.2) is 4.98 Å². The van der Waals surface area contributed by atoms with E-state index >= 15 is 0 Å². The molecular formula is C16H13N5O2. The minimum atomic E-state index is 0.239. The van der Waals surface area contributed by atoms with E-state index in [4.69, 9.17) is 14.5 Å². The zero-order valence-corrected chi connectivity index (χ0v) is 12.4. The number of hydrogen-bond acceptors (Lipinski definition) is 7. The molecule has 0 unspecified atom stereocenters. The van der Waals surface area contributed by atoms with Gasteiger partial charge in [-0.15, -0.1) is 0 Å². The van der Waals surface area contributed by atoms with Gasteiger partial charge >= 0.3 is 0 Å². The predicted molar refractivity (Wildman–Crippen MR) is 82.0 cm³/mol. The fraction of sp³-hybridized carbons (Fsp3) is 0.125. The predicted octanol–water partition coefficient (Wildman–Crippen LogP) is 2.97. The van der Waals surface area contributed by atoms with Crippen molar-refractivity contribution in [3.05, 3.63) is 59.9 Å². The Morgan fingerprint density at radius 1 is 1.26 bits per heavy atom. The number of aromatic nitrogens is 3. The molecule has 0 aliphatic heterocycles. The summed E-state index contributed by atoms with van der Waals surface area (Å²) in [4.78, 5) is 8.22. The summed E-state index contributed by atoms with van der Waals surface area (Å²) < 4.78 is 10.5. The van der Waals surface area contributed by atoms with Gasteiger partial charge in [0.1, 0.15) is 17.6 Å². The average Bonchev–Trinajstić information content (AvgIpc) is 3.00. The first-order valence-electron chi connectivity index (χ1n) is 6.89. The molecule has 0 bridgehead atoms. The largest absolute Gasteiger partial charge is 0.485 e. The van der Waals surface area contributed by atoms with Crippen LogP contribution in [-0.4, -0.2) is 15.1 Å². The van der Waals surface area contributed by atoms with Crippen molar-refractivity contribution in [1.82, 2.24) is 15.1 Å². The second kappa shape index (κ2) is 6.58. The van der Waals surface area contributed by atoms with Crippen LogP contribution in [0.5, 0.6) is 5.75 Å². The summed E-state index contributed by atoms with van der Waals surface area (Å²) in [5, 5.41) is 15.9. The molecule has 1 aromatic carbocycles. The van der Waals surface area contributed by atoms with Crippen LogP contribution >= 0.6 is 0 Å². The summed E-state index contributed by atoms with van der Waals surface area (Å²) in [5.74, 6) is 2.20. The molecule has 114 valence electrons. The summed E-state index contributed by atoms with van der Waals surface area (Å²) >= 11 is 0. The Morgan fingerprint density at radius 3 is 2.78 bits per heavy atom. The normalized spacial score (nSPS) is 10.1. The van der Waals surface area contributed by atoms with Gasteiger partial charge in [0, 0.05) is 18.8 Å². The summed E-state index contributed by atoms with van der Waals surface area (Å²) in [5.41, 5.74) is 1.29. The highest BCUT2D eigenvalue weighted by Gasteiger charge is 2.05. The van der Waals surface area contributed by atoms with Gasteiger partial charge in [0.15, 0.2) is 6.61 Å². The van der Waals surface area contributed by atoms with Crippen LogP contribution in [0.1, 0.15) is 17.3 Å². The van der Waals surface area contributed by atoms with Crippen molar-refractivity contribution in [3.63, 3.8) is 0 Å². The zero-order valence-electron chi connectivity index (χ0n) is 12.4. The lowest BCUT2D eigenvalue weighted by molar-refractivity contribution is 0.286. The lowest BCUT2D eigenvalue weighted by atomic mass is 10.2. The molecule has 0 atom stereocenters. The number of benzene rings is 1. The molecular weight excluding hydrogens is 294 g/mol. The highest BCUT2D eigenvalue weighted by molar-refractivity contribution is 5.62. The van der Waals surface area contributed by atoms with Crippen LogP contribution in [0.25, 0.3) is 0 Å². The molecule has 2 aromatic heterocycles. The molecule has 2 heterocycles. The van der Waals surface area contributed by atoms with Crippen LogP contribution in [0, 0.1) is 18.3 Å². The molecule has 23 heavy (non-hydrogen) atoms. The first-order chi connectivity index (χ1) is 11.2. The minimum absolute atomic E-state index is 0.239. The van der Waals surface area contributed by atoms with Gasteiger partial charge in [0.2, 0.25) is 11.7 Å². The van der Waals surface area contributed by atoms with Crippen molar-refractivity contribution in [2.45, 2.75) is 13.5 Å². The Morgan fingerprint density at radius 2 is 2.09 bits per heavy atom. The van der Waals surface area contributed by atoms with E-state index in [2.05, 4.69) is 26.5 Å². The lowest BCUT2D eigenvalue weighted by Gasteiger charge is -2.08. The van der Waals surface area contributed by atoms with E-state index in [1.165, 1.54) is 0 Å². The number of pyridine rings is 1. The molecule has 3 rings (SSSR count). The number of aryl methyl sites for hydroxylation is 1. The van der Waals surface area contributed by atoms with Crippen LogP contribution in [0.15, 0.2) is 47.1 Å². The minimum Gasteiger partial charge on any atom is -0.485 e. The van der Waals surface area contributed by atoms with Crippen molar-refractivity contribution in [2.75, 3.05) is 5.32 Å². The molecule has 0 spiro atoms. The Labute approximate surface area is 132 Å². The van der Waals surface area contributed by atoms with E-state index in [1.807, 2.05) is 24.3 Å². The van der Waals surface area contributed by atoms with Gasteiger partial charge in [-0.1, -0.05) is 5.16 Å². The third-order valence-corrected chi connectivity index (χ3v) is 2.98. The summed E-state index contributed by atoms with van der Waals surface area (Å²) in [7, 11) is 0. The van der Waals surface area contributed by atoms with Gasteiger partial charge in [-0.05, 0) is 36.4 Å². The van der Waals surface area contributed by atoms with Crippen molar-refractivity contribution >= 4 is 11.5 Å². The van der Waals surface area contributed by atoms with Crippen LogP contribution in [0.2, 0.25) is 0 Å². The average molecular weight is 307 g/mol. The highest BCUT2D eigenvalue weighted by Crippen LogP contribution is 2.21. The van der Waals surface area contributed by atoms with Crippen LogP contribution < -0.4 is 10.1 Å². The monoisotopic (exact) mass is 307 g/mol. The second-order valence-electron chi connectivity index (χ2n) is 4.68. The quantitative estimate of drug-likeness (QED) is 0.773. The standard InChI is InChI=1S/C16H13N5O2/c1-11-19-15(21-23-11)10-22-14-6-4-13(5-7-14)20-16-12(9-17)3-2-8-18-16/h2-8H,10H2,1H3,(H,18,20). The molecule has 7 heteroatoms. The highest BCUT2D eigenvalue weighted by atomic mass is 16.5. The number of rotatable bonds is 5. The third-order valence-electron chi connectivity index (χ3n) is 2.98. The maximum absolute atomic E-state index is 9.05. The molecule has 0 saturated carbocycles. The first-order valence-corrected chi connectivity index (χ1v) is 6.89. The van der Waals surface area contributed by atoms with E-state index in [1.54, 1.807) is 25.3 Å². The van der Waals surface area contributed by atoms with E-state index in [-0.39, 0.29) is 6.61 Å². The molecule has 0 aliphatic carbocycles. The number of ether oxygens (including phenoxy) is 1. The fourth-order valence-electron chi connectivity index (χ4n) is 1.91.